The number of rotatable bonds is 2. The molecule has 24 heavy (non-hydrogen) atoms. The molecule has 0 saturated heterocycles. The Morgan fingerprint density at radius 2 is 1.88 bits per heavy atom. The van der Waals surface area contributed by atoms with Crippen molar-refractivity contribution in [3.63, 3.8) is 0 Å². The van der Waals surface area contributed by atoms with Gasteiger partial charge in [0.25, 0.3) is 0 Å². The fraction of sp³-hybridized carbons (Fsp3) is 0.471. The highest BCUT2D eigenvalue weighted by molar-refractivity contribution is 6.32. The van der Waals surface area contributed by atoms with Gasteiger partial charge in [-0.1, -0.05) is 0 Å². The van der Waals surface area contributed by atoms with Crippen LogP contribution in [-0.2, 0) is 33.0 Å². The zero-order valence-corrected chi connectivity index (χ0v) is 14.4. The number of hydrogen-bond acceptors (Lipinski definition) is 4. The van der Waals surface area contributed by atoms with Gasteiger partial charge < -0.3 is 14.2 Å². The van der Waals surface area contributed by atoms with E-state index in [1.807, 2.05) is 33.8 Å². The molecule has 7 heteroatoms. The lowest BCUT2D eigenvalue weighted by molar-refractivity contribution is -0.160. The molecule has 1 amide bonds. The van der Waals surface area contributed by atoms with Crippen molar-refractivity contribution in [1.82, 2.24) is 19.2 Å². The van der Waals surface area contributed by atoms with Crippen LogP contribution in [0, 0.1) is 0 Å². The zero-order chi connectivity index (χ0) is 17.5. The molecule has 2 aromatic heterocycles. The molecule has 0 bridgehead atoms. The minimum Gasteiger partial charge on any atom is -0.459 e. The van der Waals surface area contributed by atoms with Gasteiger partial charge in [0, 0.05) is 18.0 Å². The van der Waals surface area contributed by atoms with Crippen molar-refractivity contribution in [1.29, 1.82) is 0 Å². The highest BCUT2D eigenvalue weighted by Crippen LogP contribution is 2.32. The zero-order valence-electron chi connectivity index (χ0n) is 14.4. The van der Waals surface area contributed by atoms with E-state index in [0.717, 1.165) is 17.1 Å². The van der Waals surface area contributed by atoms with Gasteiger partial charge in [0.15, 0.2) is 0 Å². The Balaban J connectivity index is 1.96. The van der Waals surface area contributed by atoms with Crippen molar-refractivity contribution in [2.24, 2.45) is 0 Å². The summed E-state index contributed by atoms with van der Waals surface area (Å²) in [6, 6.07) is 3.89. The third kappa shape index (κ3) is 2.70. The van der Waals surface area contributed by atoms with Gasteiger partial charge in [0.2, 0.25) is 0 Å². The topological polar surface area (TPSA) is 69.4 Å². The molecular weight excluding hydrogens is 308 g/mol. The average Bonchev–Trinajstić information content (AvgIpc) is 3.20. The minimum atomic E-state index is -0.811. The van der Waals surface area contributed by atoms with Crippen LogP contribution < -0.4 is 0 Å². The maximum Gasteiger partial charge on any atom is 0.397 e. The second-order valence-electron chi connectivity index (χ2n) is 6.80. The molecule has 0 fully saturated rings. The van der Waals surface area contributed by atoms with Crippen molar-refractivity contribution < 1.29 is 14.3 Å². The van der Waals surface area contributed by atoms with E-state index >= 15 is 0 Å². The van der Waals surface area contributed by atoms with E-state index in [0.29, 0.717) is 13.1 Å². The molecule has 0 N–H and O–H groups in total. The van der Waals surface area contributed by atoms with Crippen molar-refractivity contribution in [3.8, 4) is 5.82 Å². The normalized spacial score (nSPS) is 13.9. The molecule has 0 radical (unpaired) electrons. The van der Waals surface area contributed by atoms with Crippen LogP contribution in [0.2, 0.25) is 0 Å². The van der Waals surface area contributed by atoms with Gasteiger partial charge in [-0.2, -0.15) is 5.10 Å². The van der Waals surface area contributed by atoms with Gasteiger partial charge in [0.1, 0.15) is 5.82 Å². The van der Waals surface area contributed by atoms with E-state index in [2.05, 4.69) is 20.8 Å². The van der Waals surface area contributed by atoms with Crippen molar-refractivity contribution >= 4 is 11.9 Å². The predicted molar refractivity (Wildman–Crippen MR) is 87.4 cm³/mol. The standard InChI is InChI=1S/C17H22N4O3/c1-5-24-16(23)15(22)20-10-12-13(11-20)18-21(17(2,3)4)14(12)19-8-6-7-9-19/h6-9H,5,10-11H2,1-4H3. The van der Waals surface area contributed by atoms with Gasteiger partial charge in [-0.15, -0.1) is 0 Å². The second kappa shape index (κ2) is 5.81. The average molecular weight is 330 g/mol. The molecule has 7 nitrogen and oxygen atoms in total. The summed E-state index contributed by atoms with van der Waals surface area (Å²) < 4.78 is 8.78. The number of aromatic nitrogens is 3. The maximum atomic E-state index is 12.2. The third-order valence-electron chi connectivity index (χ3n) is 3.95. The number of amides is 1. The molecule has 0 atom stereocenters. The van der Waals surface area contributed by atoms with Gasteiger partial charge in [0.05, 0.1) is 30.9 Å². The molecule has 0 spiro atoms. The molecule has 0 saturated carbocycles. The predicted octanol–water partition coefficient (Wildman–Crippen LogP) is 1.83. The number of ether oxygens (including phenoxy) is 1. The van der Waals surface area contributed by atoms with Crippen LogP contribution in [0.3, 0.4) is 0 Å². The molecule has 1 aliphatic heterocycles. The Bertz CT molecular complexity index is 769. The Hall–Kier alpha value is -2.57. The summed E-state index contributed by atoms with van der Waals surface area (Å²) in [5, 5.41) is 4.71. The van der Waals surface area contributed by atoms with Crippen molar-refractivity contribution in [2.45, 2.75) is 46.3 Å². The summed E-state index contributed by atoms with van der Waals surface area (Å²) >= 11 is 0. The summed E-state index contributed by atoms with van der Waals surface area (Å²) in [7, 11) is 0. The fourth-order valence-corrected chi connectivity index (χ4v) is 2.88. The van der Waals surface area contributed by atoms with E-state index in [4.69, 9.17) is 9.84 Å². The Labute approximate surface area is 140 Å². The molecule has 0 aromatic carbocycles. The van der Waals surface area contributed by atoms with Crippen LogP contribution in [0.4, 0.5) is 0 Å². The summed E-state index contributed by atoms with van der Waals surface area (Å²) in [6.45, 7) is 8.81. The number of carbonyl (C=O) groups excluding carboxylic acids is 2. The molecular formula is C17H22N4O3. The SMILES string of the molecule is CCOC(=O)C(=O)N1Cc2nn(C(C)(C)C)c(-n3cccc3)c2C1. The summed E-state index contributed by atoms with van der Waals surface area (Å²) in [4.78, 5) is 25.4. The van der Waals surface area contributed by atoms with Crippen LogP contribution in [0.1, 0.15) is 39.0 Å². The lowest BCUT2D eigenvalue weighted by Gasteiger charge is -2.24. The third-order valence-corrected chi connectivity index (χ3v) is 3.95. The maximum absolute atomic E-state index is 12.2. The largest absolute Gasteiger partial charge is 0.459 e. The highest BCUT2D eigenvalue weighted by Gasteiger charge is 2.35. The van der Waals surface area contributed by atoms with E-state index in [1.54, 1.807) is 6.92 Å². The quantitative estimate of drug-likeness (QED) is 0.622. The van der Waals surface area contributed by atoms with Crippen LogP contribution in [-0.4, -0.2) is 37.7 Å². The first kappa shape index (κ1) is 16.3. The number of esters is 1. The van der Waals surface area contributed by atoms with E-state index in [1.165, 1.54) is 4.90 Å². The number of nitrogens with zero attached hydrogens (tertiary/aromatic N) is 4. The molecule has 128 valence electrons. The van der Waals surface area contributed by atoms with Gasteiger partial charge >= 0.3 is 11.9 Å². The van der Waals surface area contributed by atoms with Gasteiger partial charge in [-0.3, -0.25) is 4.79 Å². The first-order valence-corrected chi connectivity index (χ1v) is 8.03. The van der Waals surface area contributed by atoms with Crippen LogP contribution in [0.15, 0.2) is 24.5 Å². The lowest BCUT2D eigenvalue weighted by Crippen LogP contribution is -2.34. The first-order valence-electron chi connectivity index (χ1n) is 8.03. The number of carbonyl (C=O) groups is 2. The van der Waals surface area contributed by atoms with Crippen LogP contribution in [0.5, 0.6) is 0 Å². The molecule has 0 aliphatic carbocycles. The fourth-order valence-electron chi connectivity index (χ4n) is 2.88. The molecule has 0 unspecified atom stereocenters. The second-order valence-corrected chi connectivity index (χ2v) is 6.80. The molecule has 1 aliphatic rings. The molecule has 3 heterocycles. The summed E-state index contributed by atoms with van der Waals surface area (Å²) in [5.74, 6) is -0.494. The van der Waals surface area contributed by atoms with Gasteiger partial charge in [-0.05, 0) is 39.8 Å². The highest BCUT2D eigenvalue weighted by atomic mass is 16.5. The van der Waals surface area contributed by atoms with Crippen molar-refractivity contribution in [3.05, 3.63) is 35.8 Å². The summed E-state index contributed by atoms with van der Waals surface area (Å²) in [5.41, 5.74) is 1.60. The Morgan fingerprint density at radius 3 is 2.46 bits per heavy atom. The van der Waals surface area contributed by atoms with E-state index in [-0.39, 0.29) is 12.1 Å². The minimum absolute atomic E-state index is 0.189. The first-order chi connectivity index (χ1) is 11.3. The van der Waals surface area contributed by atoms with Gasteiger partial charge in [-0.25, -0.2) is 9.48 Å². The Morgan fingerprint density at radius 1 is 1.21 bits per heavy atom. The lowest BCUT2D eigenvalue weighted by atomic mass is 10.1. The monoisotopic (exact) mass is 330 g/mol. The smallest absolute Gasteiger partial charge is 0.397 e. The number of fused-ring (bicyclic) bond motifs is 1. The molecule has 2 aromatic rings. The number of hydrogen-bond donors (Lipinski definition) is 0. The van der Waals surface area contributed by atoms with E-state index in [9.17, 15) is 9.59 Å². The van der Waals surface area contributed by atoms with Crippen LogP contribution in [0.25, 0.3) is 5.82 Å². The molecule has 3 rings (SSSR count). The van der Waals surface area contributed by atoms with Crippen molar-refractivity contribution in [2.75, 3.05) is 6.61 Å². The van der Waals surface area contributed by atoms with E-state index < -0.39 is 11.9 Å². The van der Waals surface area contributed by atoms with Crippen LogP contribution >= 0.6 is 0 Å². The Kier molecular flexibility index (Phi) is 3.95. The summed E-state index contributed by atoms with van der Waals surface area (Å²) in [6.07, 6.45) is 3.91.